The fourth-order valence-electron chi connectivity index (χ4n) is 7.03. The molecule has 0 spiro atoms. The number of benzene rings is 6. The van der Waals surface area contributed by atoms with Crippen molar-refractivity contribution in [2.75, 3.05) is 5.75 Å². The van der Waals surface area contributed by atoms with Gasteiger partial charge in [-0.25, -0.2) is 18.1 Å². The van der Waals surface area contributed by atoms with Gasteiger partial charge in [0.15, 0.2) is 12.1 Å². The first-order valence-corrected chi connectivity index (χ1v) is 21.3. The summed E-state index contributed by atoms with van der Waals surface area (Å²) in [5.74, 6) is 1.26. The summed E-state index contributed by atoms with van der Waals surface area (Å²) in [6.45, 7) is 2.24. The Bertz CT molecular complexity index is 2440. The van der Waals surface area contributed by atoms with Crippen LogP contribution in [0.1, 0.15) is 41.6 Å². The molecule has 4 unspecified atom stereocenters. The van der Waals surface area contributed by atoms with Crippen molar-refractivity contribution in [2.45, 2.75) is 48.7 Å². The summed E-state index contributed by atoms with van der Waals surface area (Å²) in [5.41, 5.74) is 8.13. The summed E-state index contributed by atoms with van der Waals surface area (Å²) < 4.78 is 48.7. The molecule has 2 N–H and O–H groups in total. The quantitative estimate of drug-likeness (QED) is 0.111. The minimum atomic E-state index is -3.68. The summed E-state index contributed by atoms with van der Waals surface area (Å²) in [6, 6.07) is 52.1. The van der Waals surface area contributed by atoms with E-state index in [9.17, 15) is 13.5 Å². The van der Waals surface area contributed by atoms with Gasteiger partial charge < -0.3 is 19.0 Å². The molecule has 0 bridgehead atoms. The molecule has 0 aliphatic carbocycles. The number of nitrogens with zero attached hydrogens (tertiary/aromatic N) is 1. The van der Waals surface area contributed by atoms with Crippen molar-refractivity contribution in [2.24, 2.45) is 5.92 Å². The number of thioether (sulfide) groups is 1. The lowest BCUT2D eigenvalue weighted by atomic mass is 9.91. The molecule has 288 valence electrons. The number of aromatic nitrogens is 1. The number of ether oxygens (including phenoxy) is 2. The molecule has 57 heavy (non-hydrogen) atoms. The van der Waals surface area contributed by atoms with Crippen LogP contribution in [0.2, 0.25) is 0 Å². The highest BCUT2D eigenvalue weighted by molar-refractivity contribution is 7.99. The topological polar surface area (TPSA) is 111 Å². The summed E-state index contributed by atoms with van der Waals surface area (Å²) in [4.78, 5) is 5.20. The Morgan fingerprint density at radius 2 is 1.30 bits per heavy atom. The van der Waals surface area contributed by atoms with Gasteiger partial charge in [-0.05, 0) is 39.9 Å². The van der Waals surface area contributed by atoms with Gasteiger partial charge in [0.2, 0.25) is 10.0 Å². The summed E-state index contributed by atoms with van der Waals surface area (Å²) >= 11 is 1.52. The van der Waals surface area contributed by atoms with Gasteiger partial charge in [0.05, 0.1) is 23.7 Å². The lowest BCUT2D eigenvalue weighted by Crippen LogP contribution is -2.38. The Labute approximate surface area is 337 Å². The van der Waals surface area contributed by atoms with E-state index in [1.54, 1.807) is 30.3 Å². The molecule has 1 aliphatic rings. The smallest absolute Gasteiger partial charge is 0.256 e. The third-order valence-electron chi connectivity index (χ3n) is 10.2. The number of hydrogen-bond acceptors (Lipinski definition) is 8. The molecule has 1 aromatic heterocycles. The molecule has 1 aliphatic heterocycles. The zero-order valence-electron chi connectivity index (χ0n) is 31.3. The van der Waals surface area contributed by atoms with Gasteiger partial charge in [0.1, 0.15) is 5.69 Å². The predicted octanol–water partition coefficient (Wildman–Crippen LogP) is 10.2. The molecule has 7 aromatic rings. The van der Waals surface area contributed by atoms with Crippen LogP contribution in [0.15, 0.2) is 178 Å². The van der Waals surface area contributed by atoms with Crippen molar-refractivity contribution >= 4 is 21.8 Å². The van der Waals surface area contributed by atoms with Crippen molar-refractivity contribution in [3.8, 4) is 33.7 Å². The van der Waals surface area contributed by atoms with Crippen LogP contribution in [0.5, 0.6) is 0 Å². The van der Waals surface area contributed by atoms with E-state index in [0.717, 1.165) is 56.0 Å². The second kappa shape index (κ2) is 17.4. The van der Waals surface area contributed by atoms with E-state index < -0.39 is 16.3 Å². The molecule has 0 amide bonds. The van der Waals surface area contributed by atoms with E-state index in [2.05, 4.69) is 11.6 Å². The van der Waals surface area contributed by atoms with Crippen LogP contribution < -0.4 is 4.72 Å². The fourth-order valence-corrected chi connectivity index (χ4v) is 9.05. The second-order valence-electron chi connectivity index (χ2n) is 13.9. The molecule has 8 rings (SSSR count). The Morgan fingerprint density at radius 1 is 0.684 bits per heavy atom. The predicted molar refractivity (Wildman–Crippen MR) is 223 cm³/mol. The monoisotopic (exact) mass is 794 g/mol. The second-order valence-corrected chi connectivity index (χ2v) is 16.7. The molecular weight excluding hydrogens is 753 g/mol. The van der Waals surface area contributed by atoms with E-state index >= 15 is 0 Å². The van der Waals surface area contributed by atoms with E-state index in [4.69, 9.17) is 18.9 Å². The molecule has 10 heteroatoms. The molecular formula is C47H42N2O6S2. The van der Waals surface area contributed by atoms with E-state index in [0.29, 0.717) is 11.0 Å². The van der Waals surface area contributed by atoms with Crippen molar-refractivity contribution in [3.63, 3.8) is 0 Å². The molecule has 0 saturated carbocycles. The van der Waals surface area contributed by atoms with E-state index in [1.807, 2.05) is 133 Å². The zero-order chi connectivity index (χ0) is 39.2. The number of rotatable bonds is 13. The highest BCUT2D eigenvalue weighted by Crippen LogP contribution is 2.44. The summed E-state index contributed by atoms with van der Waals surface area (Å²) in [7, 11) is -3.68. The highest BCUT2D eigenvalue weighted by atomic mass is 32.2. The molecule has 1 saturated heterocycles. The number of aliphatic hydroxyl groups is 1. The van der Waals surface area contributed by atoms with Gasteiger partial charge in [0.25, 0.3) is 5.22 Å². The van der Waals surface area contributed by atoms with Crippen LogP contribution in [-0.4, -0.2) is 30.4 Å². The van der Waals surface area contributed by atoms with E-state index in [1.165, 1.54) is 11.8 Å². The summed E-state index contributed by atoms with van der Waals surface area (Å²) in [5, 5.41) is 10.3. The number of aliphatic hydroxyl groups excluding tert-OH is 1. The third kappa shape index (κ3) is 8.82. The lowest BCUT2D eigenvalue weighted by Gasteiger charge is -2.41. The Morgan fingerprint density at radius 3 is 1.98 bits per heavy atom. The Hall–Kier alpha value is -5.33. The van der Waals surface area contributed by atoms with Gasteiger partial charge in [-0.2, -0.15) is 0 Å². The van der Waals surface area contributed by atoms with Gasteiger partial charge >= 0.3 is 0 Å². The van der Waals surface area contributed by atoms with Crippen LogP contribution in [0.25, 0.3) is 33.7 Å². The van der Waals surface area contributed by atoms with Crippen LogP contribution in [0, 0.1) is 5.92 Å². The van der Waals surface area contributed by atoms with Crippen LogP contribution in [-0.2, 0) is 32.6 Å². The molecule has 4 atom stereocenters. The van der Waals surface area contributed by atoms with Crippen molar-refractivity contribution < 1.29 is 27.4 Å². The maximum Gasteiger partial charge on any atom is 0.256 e. The SMILES string of the molecule is CC1C(CSc2nc(-c3ccccc3)c(-c3ccccc3)o2)OC(c2ccc(-c3ccccc3CNS(=O)(=O)c3ccccc3)cc2)OC1c1ccc(CO)cc1. The first kappa shape index (κ1) is 38.5. The Kier molecular flexibility index (Phi) is 11.8. The largest absolute Gasteiger partial charge is 0.431 e. The zero-order valence-corrected chi connectivity index (χ0v) is 32.9. The van der Waals surface area contributed by atoms with Crippen LogP contribution in [0.3, 0.4) is 0 Å². The van der Waals surface area contributed by atoms with Gasteiger partial charge in [0, 0.05) is 34.9 Å². The molecule has 8 nitrogen and oxygen atoms in total. The normalized spacial score (nSPS) is 18.4. The maximum atomic E-state index is 13.0. The Balaban J connectivity index is 1.04. The number of hydrogen-bond donors (Lipinski definition) is 2. The highest BCUT2D eigenvalue weighted by Gasteiger charge is 2.39. The van der Waals surface area contributed by atoms with Crippen molar-refractivity contribution in [3.05, 3.63) is 186 Å². The molecule has 0 radical (unpaired) electrons. The lowest BCUT2D eigenvalue weighted by molar-refractivity contribution is -0.268. The molecule has 2 heterocycles. The molecule has 6 aromatic carbocycles. The maximum absolute atomic E-state index is 13.0. The minimum Gasteiger partial charge on any atom is -0.431 e. The minimum absolute atomic E-state index is 0.0308. The first-order chi connectivity index (χ1) is 27.9. The number of nitrogens with one attached hydrogen (secondary N) is 1. The standard InChI is InChI=1S/C47H42N2O6S2/c1-32-42(31-56-47-49-43(35-13-5-2-6-14-35)45(55-47)36-15-7-3-8-16-36)53-46(54-44(32)37-23-21-33(30-50)22-24-37)38-27-25-34(26-28-38)41-20-12-11-17-39(41)29-48-57(51,52)40-18-9-4-10-19-40/h2-28,32,42,44,46,48,50H,29-31H2,1H3. The average Bonchev–Trinajstić information content (AvgIpc) is 3.71. The number of oxazole rings is 1. The van der Waals surface area contributed by atoms with Crippen molar-refractivity contribution in [1.29, 1.82) is 0 Å². The molecule has 1 fully saturated rings. The third-order valence-corrected chi connectivity index (χ3v) is 12.5. The van der Waals surface area contributed by atoms with Crippen LogP contribution >= 0.6 is 11.8 Å². The van der Waals surface area contributed by atoms with Crippen molar-refractivity contribution in [1.82, 2.24) is 9.71 Å². The van der Waals surface area contributed by atoms with E-state index in [-0.39, 0.29) is 36.2 Å². The van der Waals surface area contributed by atoms with Gasteiger partial charge in [-0.1, -0.05) is 170 Å². The number of sulfonamides is 1. The fraction of sp³-hybridized carbons (Fsp3) is 0.170. The summed E-state index contributed by atoms with van der Waals surface area (Å²) in [6.07, 6.45) is -1.19. The van der Waals surface area contributed by atoms with Gasteiger partial charge in [-0.3, -0.25) is 0 Å². The van der Waals surface area contributed by atoms with Crippen LogP contribution in [0.4, 0.5) is 0 Å². The van der Waals surface area contributed by atoms with Gasteiger partial charge in [-0.15, -0.1) is 0 Å². The first-order valence-electron chi connectivity index (χ1n) is 18.8. The average molecular weight is 795 g/mol.